The smallest absolute Gasteiger partial charge is 0.367 e. The van der Waals surface area contributed by atoms with Crippen molar-refractivity contribution in [1.29, 1.82) is 0 Å². The number of carbonyl (C=O) groups is 2. The lowest BCUT2D eigenvalue weighted by Gasteiger charge is -2.37. The highest BCUT2D eigenvalue weighted by Crippen LogP contribution is 2.35. The Morgan fingerprint density at radius 2 is 1.71 bits per heavy atom. The molecule has 4 nitrogen and oxygen atoms in total. The average molecular weight is 412 g/mol. The third kappa shape index (κ3) is 4.46. The van der Waals surface area contributed by atoms with Crippen molar-refractivity contribution in [3.63, 3.8) is 0 Å². The van der Waals surface area contributed by atoms with Crippen LogP contribution in [0.2, 0.25) is 0 Å². The van der Waals surface area contributed by atoms with E-state index in [1.807, 2.05) is 0 Å². The van der Waals surface area contributed by atoms with E-state index in [0.717, 1.165) is 4.90 Å². The molecule has 1 heterocycles. The zero-order valence-corrected chi connectivity index (χ0v) is 15.4. The minimum absolute atomic E-state index is 0.0854. The van der Waals surface area contributed by atoms with Crippen LogP contribution in [0.25, 0.3) is 0 Å². The molecule has 0 radical (unpaired) electrons. The molecule has 2 aromatic carbocycles. The van der Waals surface area contributed by atoms with E-state index in [2.05, 4.69) is 0 Å². The number of anilines is 1. The lowest BCUT2D eigenvalue weighted by molar-refractivity contribution is -0.185. The van der Waals surface area contributed by atoms with Gasteiger partial charge in [-0.3, -0.25) is 9.59 Å². The van der Waals surface area contributed by atoms with Crippen molar-refractivity contribution in [2.75, 3.05) is 31.1 Å². The minimum atomic E-state index is -4.89. The fourth-order valence-corrected chi connectivity index (χ4v) is 3.98. The van der Waals surface area contributed by atoms with Gasteiger partial charge in [-0.05, 0) is 30.3 Å². The molecule has 0 bridgehead atoms. The summed E-state index contributed by atoms with van der Waals surface area (Å²) in [6, 6.07) is 11.1. The Morgan fingerprint density at radius 3 is 2.32 bits per heavy atom. The molecule has 28 heavy (non-hydrogen) atoms. The molecule has 2 aromatic rings. The van der Waals surface area contributed by atoms with Gasteiger partial charge in [-0.15, -0.1) is 0 Å². The Morgan fingerprint density at radius 1 is 1.04 bits per heavy atom. The third-order valence-electron chi connectivity index (χ3n) is 4.33. The van der Waals surface area contributed by atoms with Crippen molar-refractivity contribution < 1.29 is 27.2 Å². The van der Waals surface area contributed by atoms with E-state index >= 15 is 0 Å². The lowest BCUT2D eigenvalue weighted by Crippen LogP contribution is -2.52. The first-order chi connectivity index (χ1) is 13.3. The maximum atomic E-state index is 13.4. The van der Waals surface area contributed by atoms with Crippen LogP contribution < -0.4 is 4.90 Å². The molecule has 0 aliphatic carbocycles. The number of piperazine rings is 1. The number of alkyl halides is 3. The summed E-state index contributed by atoms with van der Waals surface area (Å²) in [6.45, 7) is 0.184. The second kappa shape index (κ2) is 8.22. The lowest BCUT2D eigenvalue weighted by atomic mass is 10.1. The van der Waals surface area contributed by atoms with Gasteiger partial charge in [0.05, 0.1) is 5.56 Å². The van der Waals surface area contributed by atoms with Gasteiger partial charge in [-0.2, -0.15) is 13.2 Å². The summed E-state index contributed by atoms with van der Waals surface area (Å²) in [5.41, 5.74) is 0.961. The first kappa shape index (κ1) is 20.2. The molecule has 1 fully saturated rings. The summed E-state index contributed by atoms with van der Waals surface area (Å²) in [6.07, 6.45) is -4.21. The number of amides is 1. The number of aldehydes is 1. The van der Waals surface area contributed by atoms with Gasteiger partial charge in [-0.25, -0.2) is 4.39 Å². The van der Waals surface area contributed by atoms with Crippen molar-refractivity contribution in [3.05, 3.63) is 53.8 Å². The summed E-state index contributed by atoms with van der Waals surface area (Å²) in [4.78, 5) is 26.9. The molecule has 3 rings (SSSR count). The molecule has 0 saturated carbocycles. The Labute approximate surface area is 163 Å². The summed E-state index contributed by atoms with van der Waals surface area (Å²) >= 11 is 1.23. The van der Waals surface area contributed by atoms with Crippen LogP contribution in [-0.4, -0.2) is 49.4 Å². The van der Waals surface area contributed by atoms with Crippen LogP contribution in [0.5, 0.6) is 0 Å². The predicted octanol–water partition coefficient (Wildman–Crippen LogP) is 4.00. The Hall–Kier alpha value is -2.55. The SMILES string of the molecule is O=Cc1c(Sc2cccc(F)c2)cccc1N1CCN(C(=O)C(F)(F)F)CC1. The van der Waals surface area contributed by atoms with Crippen molar-refractivity contribution in [2.24, 2.45) is 0 Å². The van der Waals surface area contributed by atoms with Gasteiger partial charge in [0.2, 0.25) is 0 Å². The predicted molar refractivity (Wildman–Crippen MR) is 97.2 cm³/mol. The second-order valence-electron chi connectivity index (χ2n) is 6.14. The molecule has 1 amide bonds. The highest BCUT2D eigenvalue weighted by Gasteiger charge is 2.43. The van der Waals surface area contributed by atoms with Gasteiger partial charge in [0, 0.05) is 41.7 Å². The molecular formula is C19H16F4N2O2S. The molecule has 1 saturated heterocycles. The molecule has 0 aromatic heterocycles. The Bertz CT molecular complexity index is 880. The molecule has 0 atom stereocenters. The molecular weight excluding hydrogens is 396 g/mol. The van der Waals surface area contributed by atoms with Crippen LogP contribution in [0.3, 0.4) is 0 Å². The van der Waals surface area contributed by atoms with Gasteiger partial charge in [0.25, 0.3) is 0 Å². The zero-order chi connectivity index (χ0) is 20.3. The monoisotopic (exact) mass is 412 g/mol. The van der Waals surface area contributed by atoms with Crippen molar-refractivity contribution in [3.8, 4) is 0 Å². The highest BCUT2D eigenvalue weighted by atomic mass is 32.2. The summed E-state index contributed by atoms with van der Waals surface area (Å²) in [5.74, 6) is -2.24. The van der Waals surface area contributed by atoms with E-state index in [0.29, 0.717) is 27.3 Å². The summed E-state index contributed by atoms with van der Waals surface area (Å²) in [7, 11) is 0. The second-order valence-corrected chi connectivity index (χ2v) is 7.26. The number of halogens is 4. The van der Waals surface area contributed by atoms with E-state index in [4.69, 9.17) is 0 Å². The number of carbonyl (C=O) groups excluding carboxylic acids is 2. The van der Waals surface area contributed by atoms with Crippen molar-refractivity contribution in [2.45, 2.75) is 16.0 Å². The van der Waals surface area contributed by atoms with Crippen LogP contribution in [0, 0.1) is 5.82 Å². The topological polar surface area (TPSA) is 40.6 Å². The maximum absolute atomic E-state index is 13.4. The Kier molecular flexibility index (Phi) is 5.93. The van der Waals surface area contributed by atoms with Crippen molar-refractivity contribution in [1.82, 2.24) is 4.90 Å². The molecule has 0 unspecified atom stereocenters. The molecule has 1 aliphatic heterocycles. The van der Waals surface area contributed by atoms with Crippen LogP contribution in [0.15, 0.2) is 52.3 Å². The number of benzene rings is 2. The first-order valence-electron chi connectivity index (χ1n) is 8.42. The van der Waals surface area contributed by atoms with E-state index in [9.17, 15) is 27.2 Å². The number of hydrogen-bond acceptors (Lipinski definition) is 4. The van der Waals surface area contributed by atoms with E-state index in [1.165, 1.54) is 23.9 Å². The zero-order valence-electron chi connectivity index (χ0n) is 14.6. The molecule has 148 valence electrons. The summed E-state index contributed by atoms with van der Waals surface area (Å²) < 4.78 is 51.1. The minimum Gasteiger partial charge on any atom is -0.367 e. The standard InChI is InChI=1S/C19H16F4N2O2S/c20-13-3-1-4-14(11-13)28-17-6-2-5-16(15(17)12-26)24-7-9-25(10-8-24)18(27)19(21,22)23/h1-6,11-12H,7-10H2. The van der Waals surface area contributed by atoms with Gasteiger partial charge < -0.3 is 9.80 Å². The first-order valence-corrected chi connectivity index (χ1v) is 9.24. The van der Waals surface area contributed by atoms with E-state index < -0.39 is 12.1 Å². The van der Waals surface area contributed by atoms with Gasteiger partial charge in [0.1, 0.15) is 5.82 Å². The van der Waals surface area contributed by atoms with E-state index in [-0.39, 0.29) is 32.0 Å². The van der Waals surface area contributed by atoms with Crippen molar-refractivity contribution >= 4 is 29.6 Å². The number of rotatable bonds is 4. The maximum Gasteiger partial charge on any atom is 0.471 e. The fraction of sp³-hybridized carbons (Fsp3) is 0.263. The average Bonchev–Trinajstić information content (AvgIpc) is 2.66. The molecule has 0 spiro atoms. The number of hydrogen-bond donors (Lipinski definition) is 0. The quantitative estimate of drug-likeness (QED) is 0.562. The fourth-order valence-electron chi connectivity index (χ4n) is 3.00. The normalized spacial score (nSPS) is 14.9. The van der Waals surface area contributed by atoms with Crippen LogP contribution >= 0.6 is 11.8 Å². The van der Waals surface area contributed by atoms with Gasteiger partial charge in [-0.1, -0.05) is 23.9 Å². The van der Waals surface area contributed by atoms with Gasteiger partial charge >= 0.3 is 12.1 Å². The molecule has 0 N–H and O–H groups in total. The van der Waals surface area contributed by atoms with Crippen LogP contribution in [0.1, 0.15) is 10.4 Å². The third-order valence-corrected chi connectivity index (χ3v) is 5.40. The number of nitrogens with zero attached hydrogens (tertiary/aromatic N) is 2. The van der Waals surface area contributed by atoms with Crippen LogP contribution in [0.4, 0.5) is 23.2 Å². The summed E-state index contributed by atoms with van der Waals surface area (Å²) in [5, 5.41) is 0. The van der Waals surface area contributed by atoms with E-state index in [1.54, 1.807) is 35.2 Å². The van der Waals surface area contributed by atoms with Gasteiger partial charge in [0.15, 0.2) is 6.29 Å². The Balaban J connectivity index is 1.78. The largest absolute Gasteiger partial charge is 0.471 e. The molecule has 1 aliphatic rings. The highest BCUT2D eigenvalue weighted by molar-refractivity contribution is 7.99. The van der Waals surface area contributed by atoms with Crippen LogP contribution in [-0.2, 0) is 4.79 Å². The molecule has 9 heteroatoms.